The van der Waals surface area contributed by atoms with Crippen LogP contribution in [0.15, 0.2) is 17.4 Å². The smallest absolute Gasteiger partial charge is 0.306 e. The number of guanidine groups is 1. The third-order valence-corrected chi connectivity index (χ3v) is 3.54. The molecule has 0 bridgehead atoms. The van der Waals surface area contributed by atoms with E-state index in [-0.39, 0.29) is 29.7 Å². The number of piperidine rings is 1. The van der Waals surface area contributed by atoms with E-state index in [4.69, 9.17) is 5.73 Å². The van der Waals surface area contributed by atoms with Crippen LogP contribution in [-0.2, 0) is 6.54 Å². The van der Waals surface area contributed by atoms with Gasteiger partial charge in [0.05, 0.1) is 18.0 Å². The van der Waals surface area contributed by atoms with Crippen LogP contribution in [0.5, 0.6) is 0 Å². The van der Waals surface area contributed by atoms with E-state index >= 15 is 0 Å². The molecule has 1 aliphatic rings. The van der Waals surface area contributed by atoms with E-state index in [0.29, 0.717) is 19.0 Å². The Hall–Kier alpha value is -1.39. The third-order valence-electron chi connectivity index (χ3n) is 3.54. The molecular formula is C12H21IN6O2. The monoisotopic (exact) mass is 408 g/mol. The lowest BCUT2D eigenvalue weighted by atomic mass is 10.00. The van der Waals surface area contributed by atoms with Gasteiger partial charge in [-0.05, 0) is 18.8 Å². The van der Waals surface area contributed by atoms with E-state index < -0.39 is 4.92 Å². The molecule has 0 atom stereocenters. The molecule has 2 heterocycles. The van der Waals surface area contributed by atoms with E-state index in [9.17, 15) is 10.1 Å². The molecule has 2 rings (SSSR count). The number of aliphatic imine (C=N–C) groups is 1. The topological polar surface area (TPSA) is 103 Å². The molecule has 0 aliphatic carbocycles. The molecule has 0 amide bonds. The zero-order chi connectivity index (χ0) is 14.5. The van der Waals surface area contributed by atoms with Crippen LogP contribution in [0.4, 0.5) is 5.69 Å². The highest BCUT2D eigenvalue weighted by Crippen LogP contribution is 2.15. The SMILES string of the molecule is CC1CCN(C(N)=NCCn2cc([N+](=O)[O-])cn2)CC1.I. The molecule has 0 saturated carbocycles. The second-order valence-corrected chi connectivity index (χ2v) is 5.13. The zero-order valence-electron chi connectivity index (χ0n) is 12.0. The summed E-state index contributed by atoms with van der Waals surface area (Å²) in [6.45, 7) is 5.10. The fraction of sp³-hybridized carbons (Fsp3) is 0.667. The summed E-state index contributed by atoms with van der Waals surface area (Å²) < 4.78 is 1.51. The summed E-state index contributed by atoms with van der Waals surface area (Å²) >= 11 is 0. The molecule has 1 fully saturated rings. The van der Waals surface area contributed by atoms with Crippen molar-refractivity contribution in [2.75, 3.05) is 19.6 Å². The second-order valence-electron chi connectivity index (χ2n) is 5.13. The van der Waals surface area contributed by atoms with Gasteiger partial charge in [0.2, 0.25) is 0 Å². The Labute approximate surface area is 140 Å². The lowest BCUT2D eigenvalue weighted by Gasteiger charge is -2.31. The summed E-state index contributed by atoms with van der Waals surface area (Å²) in [4.78, 5) is 16.5. The van der Waals surface area contributed by atoms with Crippen molar-refractivity contribution in [1.29, 1.82) is 0 Å². The van der Waals surface area contributed by atoms with E-state index in [1.54, 1.807) is 0 Å². The first-order valence-corrected chi connectivity index (χ1v) is 6.78. The summed E-state index contributed by atoms with van der Waals surface area (Å²) in [5.41, 5.74) is 5.94. The van der Waals surface area contributed by atoms with Crippen molar-refractivity contribution < 1.29 is 4.92 Å². The molecule has 0 aromatic carbocycles. The maximum absolute atomic E-state index is 10.5. The molecule has 1 saturated heterocycles. The number of hydrogen-bond donors (Lipinski definition) is 1. The van der Waals surface area contributed by atoms with Crippen molar-refractivity contribution in [2.24, 2.45) is 16.6 Å². The number of aromatic nitrogens is 2. The molecule has 1 aromatic rings. The first-order chi connectivity index (χ1) is 9.56. The minimum atomic E-state index is -0.462. The first-order valence-electron chi connectivity index (χ1n) is 6.78. The van der Waals surface area contributed by atoms with E-state index in [0.717, 1.165) is 31.8 Å². The minimum Gasteiger partial charge on any atom is -0.370 e. The Morgan fingerprint density at radius 2 is 2.24 bits per heavy atom. The van der Waals surface area contributed by atoms with Gasteiger partial charge in [-0.2, -0.15) is 5.10 Å². The standard InChI is InChI=1S/C12H20N6O2.HI/c1-10-2-5-16(6-3-10)12(13)14-4-7-17-9-11(8-15-17)18(19)20;/h8-10H,2-7H2,1H3,(H2,13,14);1H. The van der Waals surface area contributed by atoms with Gasteiger partial charge in [0, 0.05) is 13.1 Å². The summed E-state index contributed by atoms with van der Waals surface area (Å²) in [5, 5.41) is 14.4. The zero-order valence-corrected chi connectivity index (χ0v) is 14.3. The van der Waals surface area contributed by atoms with Crippen molar-refractivity contribution >= 4 is 35.6 Å². The van der Waals surface area contributed by atoms with Crippen LogP contribution in [0, 0.1) is 16.0 Å². The van der Waals surface area contributed by atoms with Gasteiger partial charge in [-0.25, -0.2) is 0 Å². The molecule has 2 N–H and O–H groups in total. The maximum Gasteiger partial charge on any atom is 0.306 e. The van der Waals surface area contributed by atoms with Gasteiger partial charge in [-0.3, -0.25) is 19.8 Å². The molecule has 8 nitrogen and oxygen atoms in total. The van der Waals surface area contributed by atoms with Gasteiger partial charge in [0.25, 0.3) is 0 Å². The number of nitrogens with two attached hydrogens (primary N) is 1. The van der Waals surface area contributed by atoms with Crippen LogP contribution in [0.25, 0.3) is 0 Å². The fourth-order valence-corrected chi connectivity index (χ4v) is 2.17. The van der Waals surface area contributed by atoms with Gasteiger partial charge in [-0.1, -0.05) is 6.92 Å². The molecule has 1 aliphatic heterocycles. The summed E-state index contributed by atoms with van der Waals surface area (Å²) in [6.07, 6.45) is 4.91. The number of likely N-dealkylation sites (tertiary alicyclic amines) is 1. The van der Waals surface area contributed by atoms with Gasteiger partial charge >= 0.3 is 5.69 Å². The van der Waals surface area contributed by atoms with Gasteiger partial charge in [0.15, 0.2) is 5.96 Å². The van der Waals surface area contributed by atoms with Crippen LogP contribution < -0.4 is 5.73 Å². The average molecular weight is 408 g/mol. The predicted molar refractivity (Wildman–Crippen MR) is 90.8 cm³/mol. The van der Waals surface area contributed by atoms with Crippen LogP contribution in [0.1, 0.15) is 19.8 Å². The number of hydrogen-bond acceptors (Lipinski definition) is 4. The van der Waals surface area contributed by atoms with Gasteiger partial charge in [-0.15, -0.1) is 24.0 Å². The lowest BCUT2D eigenvalue weighted by Crippen LogP contribution is -2.42. The average Bonchev–Trinajstić information content (AvgIpc) is 2.88. The van der Waals surface area contributed by atoms with Crippen molar-refractivity contribution in [2.45, 2.75) is 26.3 Å². The molecule has 0 spiro atoms. The van der Waals surface area contributed by atoms with Crippen molar-refractivity contribution in [1.82, 2.24) is 14.7 Å². The molecule has 9 heteroatoms. The third kappa shape index (κ3) is 5.14. The van der Waals surface area contributed by atoms with Crippen molar-refractivity contribution in [3.8, 4) is 0 Å². The van der Waals surface area contributed by atoms with Gasteiger partial charge < -0.3 is 10.6 Å². The quantitative estimate of drug-likeness (QED) is 0.267. The molecule has 21 heavy (non-hydrogen) atoms. The van der Waals surface area contributed by atoms with E-state index in [1.807, 2.05) is 0 Å². The normalized spacial score (nSPS) is 16.6. The Morgan fingerprint density at radius 3 is 2.81 bits per heavy atom. The molecule has 118 valence electrons. The maximum atomic E-state index is 10.5. The fourth-order valence-electron chi connectivity index (χ4n) is 2.17. The Morgan fingerprint density at radius 1 is 1.57 bits per heavy atom. The lowest BCUT2D eigenvalue weighted by molar-refractivity contribution is -0.385. The molecule has 1 aromatic heterocycles. The van der Waals surface area contributed by atoms with Gasteiger partial charge in [0.1, 0.15) is 12.4 Å². The minimum absolute atomic E-state index is 0. The highest BCUT2D eigenvalue weighted by molar-refractivity contribution is 14.0. The number of nitro groups is 1. The number of nitrogens with zero attached hydrogens (tertiary/aromatic N) is 5. The largest absolute Gasteiger partial charge is 0.370 e. The number of halogens is 1. The summed E-state index contributed by atoms with van der Waals surface area (Å²) in [7, 11) is 0. The Bertz CT molecular complexity index is 496. The predicted octanol–water partition coefficient (Wildman–Crippen LogP) is 1.46. The number of rotatable bonds is 4. The Kier molecular flexibility index (Phi) is 6.85. The Balaban J connectivity index is 0.00000220. The van der Waals surface area contributed by atoms with Crippen LogP contribution >= 0.6 is 24.0 Å². The molecule has 0 radical (unpaired) electrons. The van der Waals surface area contributed by atoms with Crippen LogP contribution in [0.3, 0.4) is 0 Å². The molecule has 0 unspecified atom stereocenters. The highest BCUT2D eigenvalue weighted by atomic mass is 127. The summed E-state index contributed by atoms with van der Waals surface area (Å²) in [6, 6.07) is 0. The second kappa shape index (κ2) is 8.15. The molecular weight excluding hydrogens is 387 g/mol. The summed E-state index contributed by atoms with van der Waals surface area (Å²) in [5.74, 6) is 1.31. The van der Waals surface area contributed by atoms with Crippen molar-refractivity contribution in [3.63, 3.8) is 0 Å². The first kappa shape index (κ1) is 17.7. The van der Waals surface area contributed by atoms with Crippen molar-refractivity contribution in [3.05, 3.63) is 22.5 Å². The van der Waals surface area contributed by atoms with Crippen LogP contribution in [0.2, 0.25) is 0 Å². The van der Waals surface area contributed by atoms with E-state index in [2.05, 4.69) is 21.9 Å². The van der Waals surface area contributed by atoms with E-state index in [1.165, 1.54) is 17.1 Å². The highest BCUT2D eigenvalue weighted by Gasteiger charge is 2.16. The van der Waals surface area contributed by atoms with Crippen LogP contribution in [-0.4, -0.2) is 45.2 Å².